The van der Waals surface area contributed by atoms with Crippen LogP contribution < -0.4 is 0 Å². The van der Waals surface area contributed by atoms with Crippen LogP contribution in [0, 0.1) is 12.8 Å². The van der Waals surface area contributed by atoms with E-state index in [1.54, 1.807) is 0 Å². The van der Waals surface area contributed by atoms with Crippen molar-refractivity contribution in [2.24, 2.45) is 5.92 Å². The first-order valence-electron chi connectivity index (χ1n) is 7.84. The summed E-state index contributed by atoms with van der Waals surface area (Å²) in [6, 6.07) is 8.04. The van der Waals surface area contributed by atoms with E-state index >= 15 is 0 Å². The van der Waals surface area contributed by atoms with Crippen LogP contribution in [0.2, 0.25) is 0 Å². The van der Waals surface area contributed by atoms with Crippen molar-refractivity contribution in [2.45, 2.75) is 46.5 Å². The van der Waals surface area contributed by atoms with E-state index in [1.807, 2.05) is 44.2 Å². The molecule has 0 spiro atoms. The Morgan fingerprint density at radius 1 is 0.955 bits per heavy atom. The maximum absolute atomic E-state index is 10.4. The number of benzene rings is 1. The smallest absolute Gasteiger partial charge is 0.146 e. The molecular formula is C20H26O2. The molecule has 1 aliphatic carbocycles. The minimum Gasteiger partial charge on any atom is -0.303 e. The molecule has 0 saturated heterocycles. The lowest BCUT2D eigenvalue weighted by atomic mass is 9.92. The largest absolute Gasteiger partial charge is 0.303 e. The lowest BCUT2D eigenvalue weighted by Gasteiger charge is -2.14. The van der Waals surface area contributed by atoms with Crippen molar-refractivity contribution in [3.63, 3.8) is 0 Å². The van der Waals surface area contributed by atoms with Crippen molar-refractivity contribution in [1.29, 1.82) is 0 Å². The summed E-state index contributed by atoms with van der Waals surface area (Å²) in [6.45, 7) is 8.31. The van der Waals surface area contributed by atoms with Gasteiger partial charge >= 0.3 is 0 Å². The predicted octanol–water partition coefficient (Wildman–Crippen LogP) is 4.79. The molecule has 0 heterocycles. The van der Waals surface area contributed by atoms with E-state index in [1.165, 1.54) is 11.1 Å². The Balaban J connectivity index is 0.000000220. The van der Waals surface area contributed by atoms with E-state index in [4.69, 9.17) is 0 Å². The fraction of sp³-hybridized carbons (Fsp3) is 0.400. The van der Waals surface area contributed by atoms with Crippen LogP contribution in [0.4, 0.5) is 0 Å². The van der Waals surface area contributed by atoms with Gasteiger partial charge in [0.25, 0.3) is 0 Å². The van der Waals surface area contributed by atoms with E-state index in [-0.39, 0.29) is 5.92 Å². The number of carbonyl (C=O) groups is 2. The third kappa shape index (κ3) is 5.80. The molecule has 0 fully saturated rings. The molecular weight excluding hydrogens is 272 g/mol. The number of aryl methyl sites for hydroxylation is 1. The van der Waals surface area contributed by atoms with E-state index in [2.05, 4.69) is 19.9 Å². The first-order chi connectivity index (χ1) is 10.5. The second-order valence-electron chi connectivity index (χ2n) is 6.09. The van der Waals surface area contributed by atoms with E-state index in [0.717, 1.165) is 36.6 Å². The molecule has 22 heavy (non-hydrogen) atoms. The van der Waals surface area contributed by atoms with Crippen LogP contribution in [0.5, 0.6) is 0 Å². The Labute approximate surface area is 133 Å². The number of aldehydes is 2. The number of allylic oxidation sites excluding steroid dienone is 4. The first kappa shape index (κ1) is 18.1. The Hall–Kier alpha value is -1.96. The van der Waals surface area contributed by atoms with Crippen molar-refractivity contribution in [1.82, 2.24) is 0 Å². The predicted molar refractivity (Wildman–Crippen MR) is 92.0 cm³/mol. The summed E-state index contributed by atoms with van der Waals surface area (Å²) in [4.78, 5) is 20.7. The van der Waals surface area contributed by atoms with Crippen molar-refractivity contribution < 1.29 is 9.59 Å². The van der Waals surface area contributed by atoms with Gasteiger partial charge < -0.3 is 4.79 Å². The van der Waals surface area contributed by atoms with Crippen LogP contribution in [0.25, 0.3) is 0 Å². The summed E-state index contributed by atoms with van der Waals surface area (Å²) in [5.41, 5.74) is 4.70. The minimum absolute atomic E-state index is 0.0237. The van der Waals surface area contributed by atoms with E-state index in [0.29, 0.717) is 5.92 Å². The van der Waals surface area contributed by atoms with Gasteiger partial charge in [-0.25, -0.2) is 0 Å². The average molecular weight is 298 g/mol. The molecule has 0 saturated carbocycles. The van der Waals surface area contributed by atoms with Gasteiger partial charge in [0.2, 0.25) is 0 Å². The first-order valence-corrected chi connectivity index (χ1v) is 7.84. The quantitative estimate of drug-likeness (QED) is 0.749. The van der Waals surface area contributed by atoms with Gasteiger partial charge in [-0.15, -0.1) is 0 Å². The molecule has 2 rings (SSSR count). The van der Waals surface area contributed by atoms with Gasteiger partial charge in [-0.2, -0.15) is 0 Å². The third-order valence-corrected chi connectivity index (χ3v) is 3.91. The normalized spacial score (nSPS) is 15.1. The van der Waals surface area contributed by atoms with Crippen molar-refractivity contribution in [2.75, 3.05) is 0 Å². The number of rotatable bonds is 4. The van der Waals surface area contributed by atoms with E-state index < -0.39 is 0 Å². The van der Waals surface area contributed by atoms with Gasteiger partial charge in [-0.1, -0.05) is 68.3 Å². The summed E-state index contributed by atoms with van der Waals surface area (Å²) < 4.78 is 0. The van der Waals surface area contributed by atoms with Crippen LogP contribution >= 0.6 is 0 Å². The standard InChI is InChI=1S/C10H12O.C10H14O/c1-8-3-5-10(6-4-8)9(2)7-11;1-8(2)10-5-3-9(7-11)4-6-10/h3-7,9H,1-2H3;3,5,7-8H,4,6H2,1-2H3. The highest BCUT2D eigenvalue weighted by atomic mass is 16.1. The molecule has 1 aromatic carbocycles. The summed E-state index contributed by atoms with van der Waals surface area (Å²) in [5.74, 6) is 0.648. The third-order valence-electron chi connectivity index (χ3n) is 3.91. The highest BCUT2D eigenvalue weighted by Crippen LogP contribution is 2.22. The Morgan fingerprint density at radius 2 is 1.59 bits per heavy atom. The van der Waals surface area contributed by atoms with Gasteiger partial charge in [-0.05, 0) is 36.8 Å². The number of hydrogen-bond donors (Lipinski definition) is 0. The topological polar surface area (TPSA) is 34.1 Å². The molecule has 0 N–H and O–H groups in total. The summed E-state index contributed by atoms with van der Waals surface area (Å²) in [5, 5.41) is 0. The SMILES string of the molecule is CC(C)C1=CC=C(C=O)CC1.Cc1ccc(C(C)C=O)cc1. The molecule has 1 atom stereocenters. The Morgan fingerprint density at radius 3 is 2.00 bits per heavy atom. The molecule has 0 amide bonds. The van der Waals surface area contributed by atoms with Crippen molar-refractivity contribution in [3.05, 3.63) is 58.7 Å². The zero-order valence-electron chi connectivity index (χ0n) is 14.0. The van der Waals surface area contributed by atoms with E-state index in [9.17, 15) is 9.59 Å². The lowest BCUT2D eigenvalue weighted by molar-refractivity contribution is -0.108. The maximum Gasteiger partial charge on any atom is 0.146 e. The Bertz CT molecular complexity index is 548. The molecule has 0 radical (unpaired) electrons. The molecule has 1 unspecified atom stereocenters. The monoisotopic (exact) mass is 298 g/mol. The van der Waals surface area contributed by atoms with Gasteiger partial charge in [0.05, 0.1) is 0 Å². The molecule has 0 aromatic heterocycles. The minimum atomic E-state index is 0.0237. The highest BCUT2D eigenvalue weighted by Gasteiger charge is 2.07. The molecule has 0 aliphatic heterocycles. The summed E-state index contributed by atoms with van der Waals surface area (Å²) >= 11 is 0. The second kappa shape index (κ2) is 9.14. The van der Waals surface area contributed by atoms with Gasteiger partial charge in [0.1, 0.15) is 12.6 Å². The Kier molecular flexibility index (Phi) is 7.51. The molecule has 1 aliphatic rings. The van der Waals surface area contributed by atoms with Gasteiger partial charge in [0, 0.05) is 5.92 Å². The molecule has 118 valence electrons. The van der Waals surface area contributed by atoms with Crippen LogP contribution in [-0.4, -0.2) is 12.6 Å². The lowest BCUT2D eigenvalue weighted by Crippen LogP contribution is -1.99. The molecule has 1 aromatic rings. The number of carbonyl (C=O) groups excluding carboxylic acids is 2. The maximum atomic E-state index is 10.4. The average Bonchev–Trinajstić information content (AvgIpc) is 2.55. The molecule has 2 heteroatoms. The van der Waals surface area contributed by atoms with Crippen LogP contribution in [-0.2, 0) is 9.59 Å². The zero-order chi connectivity index (χ0) is 16.5. The van der Waals surface area contributed by atoms with Gasteiger partial charge in [0.15, 0.2) is 0 Å². The molecule has 0 bridgehead atoms. The zero-order valence-corrected chi connectivity index (χ0v) is 14.0. The van der Waals surface area contributed by atoms with Crippen molar-refractivity contribution in [3.8, 4) is 0 Å². The van der Waals surface area contributed by atoms with Crippen LogP contribution in [0.3, 0.4) is 0 Å². The number of hydrogen-bond acceptors (Lipinski definition) is 2. The summed E-state index contributed by atoms with van der Waals surface area (Å²) in [6.07, 6.45) is 7.91. The fourth-order valence-corrected chi connectivity index (χ4v) is 2.20. The highest BCUT2D eigenvalue weighted by molar-refractivity contribution is 5.74. The second-order valence-corrected chi connectivity index (χ2v) is 6.09. The van der Waals surface area contributed by atoms with Crippen LogP contribution in [0.15, 0.2) is 47.6 Å². The molecule has 2 nitrogen and oxygen atoms in total. The van der Waals surface area contributed by atoms with Crippen molar-refractivity contribution >= 4 is 12.6 Å². The van der Waals surface area contributed by atoms with Crippen LogP contribution in [0.1, 0.15) is 50.7 Å². The summed E-state index contributed by atoms with van der Waals surface area (Å²) in [7, 11) is 0. The fourth-order valence-electron chi connectivity index (χ4n) is 2.20. The van der Waals surface area contributed by atoms with Gasteiger partial charge in [-0.3, -0.25) is 4.79 Å².